The first-order valence-electron chi connectivity index (χ1n) is 7.77. The van der Waals surface area contributed by atoms with Crippen molar-refractivity contribution in [1.82, 2.24) is 14.8 Å². The lowest BCUT2D eigenvalue weighted by molar-refractivity contribution is -0.394. The van der Waals surface area contributed by atoms with Crippen LogP contribution in [-0.2, 0) is 11.3 Å². The number of para-hydroxylation sites is 1. The monoisotopic (exact) mass is 384 g/mol. The highest BCUT2D eigenvalue weighted by atomic mass is 16.6. The lowest BCUT2D eigenvalue weighted by atomic mass is 10.2. The van der Waals surface area contributed by atoms with E-state index in [2.05, 4.69) is 15.4 Å². The molecule has 1 heterocycles. The van der Waals surface area contributed by atoms with E-state index in [-0.39, 0.29) is 23.7 Å². The van der Waals surface area contributed by atoms with Gasteiger partial charge in [0.2, 0.25) is 12.2 Å². The Morgan fingerprint density at radius 2 is 1.82 bits per heavy atom. The van der Waals surface area contributed by atoms with Crippen LogP contribution in [0.5, 0.6) is 11.5 Å². The molecule has 0 aliphatic heterocycles. The number of hydrogen-bond donors (Lipinski definition) is 1. The van der Waals surface area contributed by atoms with Crippen LogP contribution in [0.25, 0.3) is 0 Å². The van der Waals surface area contributed by atoms with Gasteiger partial charge in [-0.15, -0.1) is 0 Å². The summed E-state index contributed by atoms with van der Waals surface area (Å²) in [5.41, 5.74) is -0.153. The molecular weight excluding hydrogens is 372 g/mol. The van der Waals surface area contributed by atoms with E-state index in [4.69, 9.17) is 4.74 Å². The second kappa shape index (κ2) is 7.90. The van der Waals surface area contributed by atoms with Gasteiger partial charge in [-0.1, -0.05) is 23.2 Å². The smallest absolute Gasteiger partial charge is 0.457 e. The Bertz CT molecular complexity index is 1040. The zero-order valence-corrected chi connectivity index (χ0v) is 14.1. The summed E-state index contributed by atoms with van der Waals surface area (Å²) in [5.74, 6) is -0.616. The van der Waals surface area contributed by atoms with Crippen LogP contribution in [0.2, 0.25) is 0 Å². The van der Waals surface area contributed by atoms with Crippen molar-refractivity contribution >= 4 is 23.2 Å². The van der Waals surface area contributed by atoms with Gasteiger partial charge >= 0.3 is 5.95 Å². The van der Waals surface area contributed by atoms with Crippen LogP contribution < -0.4 is 10.1 Å². The van der Waals surface area contributed by atoms with Crippen molar-refractivity contribution in [2.75, 3.05) is 5.32 Å². The van der Waals surface area contributed by atoms with Crippen molar-refractivity contribution in [3.63, 3.8) is 0 Å². The molecule has 0 aliphatic carbocycles. The second-order valence-electron chi connectivity index (χ2n) is 5.44. The number of rotatable bonds is 7. The summed E-state index contributed by atoms with van der Waals surface area (Å²) in [6, 6.07) is 12.4. The third kappa shape index (κ3) is 4.63. The predicted octanol–water partition coefficient (Wildman–Crippen LogP) is 2.53. The maximum absolute atomic E-state index is 12.1. The molecule has 0 aliphatic rings. The predicted molar refractivity (Wildman–Crippen MR) is 94.9 cm³/mol. The maximum atomic E-state index is 12.1. The van der Waals surface area contributed by atoms with Crippen molar-refractivity contribution in [1.29, 1.82) is 0 Å². The topological polar surface area (TPSA) is 155 Å². The van der Waals surface area contributed by atoms with Crippen LogP contribution in [0.3, 0.4) is 0 Å². The lowest BCUT2D eigenvalue weighted by Crippen LogP contribution is -2.19. The minimum atomic E-state index is -0.790. The molecule has 12 nitrogen and oxygen atoms in total. The van der Waals surface area contributed by atoms with E-state index in [1.54, 1.807) is 30.3 Å². The Morgan fingerprint density at radius 1 is 1.07 bits per heavy atom. The molecule has 0 radical (unpaired) electrons. The van der Waals surface area contributed by atoms with E-state index in [0.717, 1.165) is 11.0 Å². The number of benzene rings is 2. The highest BCUT2D eigenvalue weighted by Crippen LogP contribution is 2.29. The van der Waals surface area contributed by atoms with Gasteiger partial charge in [0.1, 0.15) is 18.0 Å². The van der Waals surface area contributed by atoms with Crippen molar-refractivity contribution in [3.05, 3.63) is 75.1 Å². The van der Waals surface area contributed by atoms with Crippen molar-refractivity contribution in [2.24, 2.45) is 0 Å². The minimum absolute atomic E-state index is 0.125. The normalized spacial score (nSPS) is 10.3. The van der Waals surface area contributed by atoms with Crippen LogP contribution in [-0.4, -0.2) is 30.5 Å². The molecule has 12 heteroatoms. The summed E-state index contributed by atoms with van der Waals surface area (Å²) in [6.45, 7) is -0.363. The highest BCUT2D eigenvalue weighted by molar-refractivity contribution is 5.91. The van der Waals surface area contributed by atoms with Crippen LogP contribution >= 0.6 is 0 Å². The Balaban J connectivity index is 1.76. The molecule has 142 valence electrons. The number of carbonyl (C=O) groups excluding carboxylic acids is 1. The van der Waals surface area contributed by atoms with Gasteiger partial charge in [-0.3, -0.25) is 14.9 Å². The molecule has 0 spiro atoms. The molecule has 0 bridgehead atoms. The van der Waals surface area contributed by atoms with Crippen molar-refractivity contribution in [2.45, 2.75) is 6.54 Å². The average Bonchev–Trinajstić information content (AvgIpc) is 3.11. The average molecular weight is 384 g/mol. The van der Waals surface area contributed by atoms with Gasteiger partial charge < -0.3 is 20.2 Å². The van der Waals surface area contributed by atoms with Gasteiger partial charge in [0, 0.05) is 17.2 Å². The number of hydrogen-bond acceptors (Lipinski definition) is 8. The number of nitrogens with one attached hydrogen (secondary N) is 1. The first-order valence-corrected chi connectivity index (χ1v) is 7.77. The summed E-state index contributed by atoms with van der Waals surface area (Å²) in [5, 5.41) is 27.7. The van der Waals surface area contributed by atoms with E-state index in [1.807, 2.05) is 0 Å². The largest absolute Gasteiger partial charge is 0.490 e. The van der Waals surface area contributed by atoms with Gasteiger partial charge in [0.05, 0.1) is 16.7 Å². The summed E-state index contributed by atoms with van der Waals surface area (Å²) in [6.07, 6.45) is 1.04. The second-order valence-corrected chi connectivity index (χ2v) is 5.44. The van der Waals surface area contributed by atoms with Gasteiger partial charge in [0.15, 0.2) is 0 Å². The number of non-ortho nitro benzene ring substituents is 1. The molecule has 0 saturated heterocycles. The standard InChI is InChI=1S/C16H12N6O6/c23-15(9-20-10-17-16(19-20)22(26)27)18-11-6-12(21(24)25)8-14(7-11)28-13-4-2-1-3-5-13/h1-8,10H,9H2,(H,18,23). The van der Waals surface area contributed by atoms with Crippen LogP contribution in [0, 0.1) is 20.2 Å². The van der Waals surface area contributed by atoms with Crippen molar-refractivity contribution in [3.8, 4) is 11.5 Å². The summed E-state index contributed by atoms with van der Waals surface area (Å²) in [7, 11) is 0. The molecule has 3 aromatic rings. The molecular formula is C16H12N6O6. The van der Waals surface area contributed by atoms with Crippen LogP contribution in [0.15, 0.2) is 54.9 Å². The zero-order chi connectivity index (χ0) is 20.1. The number of nitro benzene ring substituents is 1. The zero-order valence-electron chi connectivity index (χ0n) is 14.1. The molecule has 28 heavy (non-hydrogen) atoms. The molecule has 0 saturated carbocycles. The van der Waals surface area contributed by atoms with Gasteiger partial charge in [-0.25, -0.2) is 0 Å². The third-order valence-corrected chi connectivity index (χ3v) is 3.36. The van der Waals surface area contributed by atoms with E-state index in [1.165, 1.54) is 18.2 Å². The molecule has 3 rings (SSSR count). The minimum Gasteiger partial charge on any atom is -0.457 e. The Morgan fingerprint density at radius 3 is 2.46 bits per heavy atom. The quantitative estimate of drug-likeness (QED) is 0.481. The first kappa shape index (κ1) is 18.4. The van der Waals surface area contributed by atoms with E-state index < -0.39 is 21.7 Å². The number of aromatic nitrogens is 3. The third-order valence-electron chi connectivity index (χ3n) is 3.36. The summed E-state index contributed by atoms with van der Waals surface area (Å²) in [4.78, 5) is 35.9. The summed E-state index contributed by atoms with van der Waals surface area (Å²) >= 11 is 0. The lowest BCUT2D eigenvalue weighted by Gasteiger charge is -2.09. The van der Waals surface area contributed by atoms with Gasteiger partial charge in [-0.2, -0.15) is 4.68 Å². The number of anilines is 1. The maximum Gasteiger partial charge on any atom is 0.490 e. The molecule has 0 atom stereocenters. The molecule has 0 unspecified atom stereocenters. The summed E-state index contributed by atoms with van der Waals surface area (Å²) < 4.78 is 6.56. The first-order chi connectivity index (χ1) is 13.4. The van der Waals surface area contributed by atoms with Gasteiger partial charge in [0.25, 0.3) is 5.69 Å². The Labute approximate surface area is 156 Å². The Kier molecular flexibility index (Phi) is 5.21. The van der Waals surface area contributed by atoms with Gasteiger partial charge in [-0.05, 0) is 17.1 Å². The van der Waals surface area contributed by atoms with E-state index >= 15 is 0 Å². The number of amides is 1. The van der Waals surface area contributed by atoms with Crippen LogP contribution in [0.4, 0.5) is 17.3 Å². The fourth-order valence-corrected chi connectivity index (χ4v) is 2.24. The van der Waals surface area contributed by atoms with Crippen LogP contribution in [0.1, 0.15) is 0 Å². The number of nitrogens with zero attached hydrogens (tertiary/aromatic N) is 5. The molecule has 1 N–H and O–H groups in total. The fourth-order valence-electron chi connectivity index (χ4n) is 2.24. The molecule has 0 fully saturated rings. The molecule has 1 aromatic heterocycles. The molecule has 1 amide bonds. The Hall–Kier alpha value is -4.35. The van der Waals surface area contributed by atoms with E-state index in [9.17, 15) is 25.0 Å². The van der Waals surface area contributed by atoms with E-state index in [0.29, 0.717) is 5.75 Å². The number of ether oxygens (including phenoxy) is 1. The highest BCUT2D eigenvalue weighted by Gasteiger charge is 2.17. The van der Waals surface area contributed by atoms with Crippen molar-refractivity contribution < 1.29 is 19.4 Å². The number of nitro groups is 2. The molecule has 2 aromatic carbocycles. The fraction of sp³-hybridized carbons (Fsp3) is 0.0625. The number of carbonyl (C=O) groups is 1. The SMILES string of the molecule is O=C(Cn1cnc([N+](=O)[O-])n1)Nc1cc(Oc2ccccc2)cc([N+](=O)[O-])c1.